The van der Waals surface area contributed by atoms with Crippen molar-refractivity contribution in [2.45, 2.75) is 20.8 Å². The monoisotopic (exact) mass is 271 g/mol. The Labute approximate surface area is 116 Å². The van der Waals surface area contributed by atoms with Crippen molar-refractivity contribution in [1.29, 1.82) is 0 Å². The van der Waals surface area contributed by atoms with E-state index in [1.165, 1.54) is 0 Å². The fourth-order valence-corrected chi connectivity index (χ4v) is 1.80. The third-order valence-corrected chi connectivity index (χ3v) is 3.49. The average molecular weight is 272 g/mol. The molecule has 0 unspecified atom stereocenters. The van der Waals surface area contributed by atoms with Crippen LogP contribution in [0.25, 0.3) is 0 Å². The average Bonchev–Trinajstić information content (AvgIpc) is 2.41. The molecule has 0 aliphatic carbocycles. The van der Waals surface area contributed by atoms with Crippen LogP contribution in [0.5, 0.6) is 0 Å². The van der Waals surface area contributed by atoms with Crippen LogP contribution in [0.15, 0.2) is 30.3 Å². The maximum atomic E-state index is 11.8. The Hall–Kier alpha value is -1.06. The van der Waals surface area contributed by atoms with Gasteiger partial charge < -0.3 is 17.1 Å². The van der Waals surface area contributed by atoms with E-state index in [0.29, 0.717) is 12.3 Å². The summed E-state index contributed by atoms with van der Waals surface area (Å²) in [5, 5.41) is 0. The summed E-state index contributed by atoms with van der Waals surface area (Å²) < 4.78 is 6.22. The molecule has 102 valence electrons. The zero-order valence-electron chi connectivity index (χ0n) is 11.4. The van der Waals surface area contributed by atoms with Crippen LogP contribution in [0, 0.1) is 0 Å². The van der Waals surface area contributed by atoms with Crippen LogP contribution in [-0.4, -0.2) is 36.8 Å². The van der Waals surface area contributed by atoms with Crippen molar-refractivity contribution in [3.8, 4) is 0 Å². The molecule has 1 aromatic carbocycles. The van der Waals surface area contributed by atoms with Gasteiger partial charge in [0.25, 0.3) is 0 Å². The van der Waals surface area contributed by atoms with Crippen LogP contribution in [0.4, 0.5) is 0 Å². The molecule has 0 aromatic heterocycles. The lowest BCUT2D eigenvalue weighted by molar-refractivity contribution is -0.938. The number of ether oxygens (including phenoxy) is 1. The van der Waals surface area contributed by atoms with E-state index in [1.54, 1.807) is 12.1 Å². The number of hydrogen-bond acceptors (Lipinski definition) is 2. The van der Waals surface area contributed by atoms with Crippen molar-refractivity contribution in [2.24, 2.45) is 0 Å². The van der Waals surface area contributed by atoms with E-state index >= 15 is 0 Å². The molecule has 0 aliphatic heterocycles. The smallest absolute Gasteiger partial charge is 0.342 e. The van der Waals surface area contributed by atoms with E-state index in [-0.39, 0.29) is 18.4 Å². The molecule has 0 radical (unpaired) electrons. The van der Waals surface area contributed by atoms with Gasteiger partial charge in [0.15, 0.2) is 0 Å². The molecule has 0 spiro atoms. The predicted molar refractivity (Wildman–Crippen MR) is 68.6 cm³/mol. The first-order valence-electron chi connectivity index (χ1n) is 6.24. The third-order valence-electron chi connectivity index (χ3n) is 3.49. The van der Waals surface area contributed by atoms with Crippen molar-refractivity contribution >= 4 is 5.97 Å². The van der Waals surface area contributed by atoms with Crippen LogP contribution in [0.1, 0.15) is 31.1 Å². The van der Waals surface area contributed by atoms with Gasteiger partial charge in [-0.15, -0.1) is 0 Å². The number of quaternary nitrogens is 1. The highest BCUT2D eigenvalue weighted by atomic mass is 35.5. The molecule has 0 saturated heterocycles. The third kappa shape index (κ3) is 4.31. The summed E-state index contributed by atoms with van der Waals surface area (Å²) in [5.41, 5.74) is 0.619. The summed E-state index contributed by atoms with van der Waals surface area (Å²) in [6.45, 7) is 9.78. The van der Waals surface area contributed by atoms with Gasteiger partial charge in [0.05, 0.1) is 25.2 Å². The van der Waals surface area contributed by atoms with E-state index in [9.17, 15) is 4.79 Å². The Morgan fingerprint density at radius 3 is 2.00 bits per heavy atom. The van der Waals surface area contributed by atoms with Crippen LogP contribution >= 0.6 is 0 Å². The first-order valence-corrected chi connectivity index (χ1v) is 6.24. The highest BCUT2D eigenvalue weighted by molar-refractivity contribution is 5.89. The molecule has 1 aromatic rings. The van der Waals surface area contributed by atoms with Gasteiger partial charge in [0.1, 0.15) is 0 Å². The number of halogens is 1. The van der Waals surface area contributed by atoms with Crippen molar-refractivity contribution in [3.05, 3.63) is 35.9 Å². The van der Waals surface area contributed by atoms with Gasteiger partial charge >= 0.3 is 5.97 Å². The molecule has 0 heterocycles. The summed E-state index contributed by atoms with van der Waals surface area (Å²) in [7, 11) is 0. The van der Waals surface area contributed by atoms with Gasteiger partial charge in [0, 0.05) is 0 Å². The Bertz CT molecular complexity index is 342. The minimum Gasteiger partial charge on any atom is -1.00 e. The molecular formula is C14H22ClNO2. The second-order valence-corrected chi connectivity index (χ2v) is 4.22. The van der Waals surface area contributed by atoms with E-state index in [2.05, 4.69) is 20.8 Å². The summed E-state index contributed by atoms with van der Waals surface area (Å²) in [6.07, 6.45) is 0. The van der Waals surface area contributed by atoms with E-state index in [0.717, 1.165) is 24.1 Å². The molecule has 3 nitrogen and oxygen atoms in total. The molecule has 0 atom stereocenters. The summed E-state index contributed by atoms with van der Waals surface area (Å²) >= 11 is 0. The Morgan fingerprint density at radius 1 is 1.06 bits per heavy atom. The number of hydrogen-bond donors (Lipinski definition) is 0. The fourth-order valence-electron chi connectivity index (χ4n) is 1.80. The quantitative estimate of drug-likeness (QED) is 0.403. The zero-order valence-corrected chi connectivity index (χ0v) is 12.1. The zero-order chi connectivity index (χ0) is 12.7. The maximum Gasteiger partial charge on any atom is 0.342 e. The van der Waals surface area contributed by atoms with Gasteiger partial charge in [-0.3, -0.25) is 4.48 Å². The molecule has 0 N–H and O–H groups in total. The van der Waals surface area contributed by atoms with Crippen molar-refractivity contribution < 1.29 is 26.4 Å². The number of carbonyl (C=O) groups is 1. The lowest BCUT2D eigenvalue weighted by Gasteiger charge is -2.34. The van der Waals surface area contributed by atoms with E-state index < -0.39 is 0 Å². The molecule has 1 rings (SSSR count). The van der Waals surface area contributed by atoms with Gasteiger partial charge in [-0.1, -0.05) is 18.2 Å². The SMILES string of the molecule is CC[N+](CC)(CC)COC(=O)c1ccccc1.[Cl-]. The number of benzene rings is 1. The van der Waals surface area contributed by atoms with Crippen LogP contribution < -0.4 is 12.4 Å². The highest BCUT2D eigenvalue weighted by Gasteiger charge is 2.22. The molecule has 0 bridgehead atoms. The molecule has 0 aliphatic rings. The Kier molecular flexibility index (Phi) is 7.64. The molecule has 0 saturated carbocycles. The van der Waals surface area contributed by atoms with Gasteiger partial charge in [0.2, 0.25) is 6.73 Å². The topological polar surface area (TPSA) is 26.3 Å². The van der Waals surface area contributed by atoms with E-state index in [4.69, 9.17) is 4.74 Å². The van der Waals surface area contributed by atoms with Gasteiger partial charge in [-0.05, 0) is 32.9 Å². The summed E-state index contributed by atoms with van der Waals surface area (Å²) in [5.74, 6) is -0.233. The van der Waals surface area contributed by atoms with Crippen molar-refractivity contribution in [2.75, 3.05) is 26.4 Å². The Morgan fingerprint density at radius 2 is 1.56 bits per heavy atom. The van der Waals surface area contributed by atoms with Crippen molar-refractivity contribution in [3.63, 3.8) is 0 Å². The number of carbonyl (C=O) groups excluding carboxylic acids is 1. The second kappa shape index (κ2) is 8.11. The molecule has 0 amide bonds. The minimum atomic E-state index is -0.233. The number of nitrogens with zero attached hydrogens (tertiary/aromatic N) is 1. The normalized spacial score (nSPS) is 10.6. The number of esters is 1. The molecule has 4 heteroatoms. The first-order chi connectivity index (χ1) is 8.17. The lowest BCUT2D eigenvalue weighted by Crippen LogP contribution is -3.00. The molecular weight excluding hydrogens is 250 g/mol. The van der Waals surface area contributed by atoms with E-state index in [1.807, 2.05) is 18.2 Å². The van der Waals surface area contributed by atoms with Crippen LogP contribution in [-0.2, 0) is 4.74 Å². The lowest BCUT2D eigenvalue weighted by atomic mass is 10.2. The van der Waals surface area contributed by atoms with Gasteiger partial charge in [-0.2, -0.15) is 0 Å². The summed E-state index contributed by atoms with van der Waals surface area (Å²) in [6, 6.07) is 9.14. The van der Waals surface area contributed by atoms with Crippen molar-refractivity contribution in [1.82, 2.24) is 0 Å². The Balaban J connectivity index is 0.00000289. The maximum absolute atomic E-state index is 11.8. The van der Waals surface area contributed by atoms with Gasteiger partial charge in [-0.25, -0.2) is 4.79 Å². The minimum absolute atomic E-state index is 0. The van der Waals surface area contributed by atoms with Crippen LogP contribution in [0.2, 0.25) is 0 Å². The first kappa shape index (κ1) is 16.9. The van der Waals surface area contributed by atoms with Crippen LogP contribution in [0.3, 0.4) is 0 Å². The second-order valence-electron chi connectivity index (χ2n) is 4.22. The summed E-state index contributed by atoms with van der Waals surface area (Å²) in [4.78, 5) is 11.8. The molecule has 18 heavy (non-hydrogen) atoms. The largest absolute Gasteiger partial charge is 1.00 e. The standard InChI is InChI=1S/C14H22NO2.ClH/c1-4-15(5-2,6-3)12-17-14(16)13-10-8-7-9-11-13;/h7-11H,4-6,12H2,1-3H3;1H/q+1;/p-1. The molecule has 0 fully saturated rings. The predicted octanol–water partition coefficient (Wildman–Crippen LogP) is -0.319. The number of rotatable bonds is 6. The fraction of sp³-hybridized carbons (Fsp3) is 0.500. The highest BCUT2D eigenvalue weighted by Crippen LogP contribution is 2.08.